The summed E-state index contributed by atoms with van der Waals surface area (Å²) in [6.07, 6.45) is -10.3. The van der Waals surface area contributed by atoms with Crippen molar-refractivity contribution in [3.63, 3.8) is 0 Å². The summed E-state index contributed by atoms with van der Waals surface area (Å²) >= 11 is 0. The molecule has 2 aliphatic heterocycles. The molecule has 0 N–H and O–H groups in total. The molecule has 52 heavy (non-hydrogen) atoms. The third kappa shape index (κ3) is 11.9. The molecule has 1 aromatic carbocycles. The Morgan fingerprint density at radius 1 is 0.538 bits per heavy atom. The smallest absolute Gasteiger partial charge is 0.303 e. The van der Waals surface area contributed by atoms with E-state index in [2.05, 4.69) is 5.92 Å². The second kappa shape index (κ2) is 18.8. The zero-order valence-electron chi connectivity index (χ0n) is 29.4. The summed E-state index contributed by atoms with van der Waals surface area (Å²) in [6, 6.07) is 6.14. The summed E-state index contributed by atoms with van der Waals surface area (Å²) in [6.45, 7) is 6.32. The van der Waals surface area contributed by atoms with Crippen LogP contribution in [0.2, 0.25) is 0 Å². The molecule has 0 bridgehead atoms. The van der Waals surface area contributed by atoms with Gasteiger partial charge in [-0.05, 0) is 24.3 Å². The summed E-state index contributed by atoms with van der Waals surface area (Å²) in [7, 11) is 0. The van der Waals surface area contributed by atoms with E-state index < -0.39 is 116 Å². The number of ether oxygens (including phenoxy) is 11. The van der Waals surface area contributed by atoms with E-state index in [-0.39, 0.29) is 5.75 Å². The Bertz CT molecular complexity index is 1510. The maximum Gasteiger partial charge on any atom is 0.303 e. The molecule has 0 radical (unpaired) electrons. The van der Waals surface area contributed by atoms with Crippen LogP contribution in [0.3, 0.4) is 0 Å². The van der Waals surface area contributed by atoms with Gasteiger partial charge in [0.1, 0.15) is 37.3 Å². The van der Waals surface area contributed by atoms with Crippen molar-refractivity contribution in [2.45, 2.75) is 110 Å². The number of terminal acetylenes is 1. The molecule has 1 aromatic rings. The van der Waals surface area contributed by atoms with Gasteiger partial charge in [-0.3, -0.25) is 33.6 Å². The number of benzene rings is 1. The Balaban J connectivity index is 2.17. The molecule has 284 valence electrons. The normalized spacial score (nSPS) is 28.1. The zero-order chi connectivity index (χ0) is 38.7. The highest BCUT2D eigenvalue weighted by Gasteiger charge is 2.58. The maximum absolute atomic E-state index is 12.6. The predicted molar refractivity (Wildman–Crippen MR) is 168 cm³/mol. The summed E-state index contributed by atoms with van der Waals surface area (Å²) in [5, 5.41) is 0. The lowest BCUT2D eigenvalue weighted by molar-refractivity contribution is -0.354. The quantitative estimate of drug-likeness (QED) is 0.154. The minimum absolute atomic E-state index is 0.188. The third-order valence-electron chi connectivity index (χ3n) is 7.16. The highest BCUT2D eigenvalue weighted by molar-refractivity contribution is 5.69. The fourth-order valence-corrected chi connectivity index (χ4v) is 5.33. The third-order valence-corrected chi connectivity index (χ3v) is 7.16. The average Bonchev–Trinajstić information content (AvgIpc) is 3.03. The lowest BCUT2D eigenvalue weighted by Crippen LogP contribution is -2.67. The Morgan fingerprint density at radius 2 is 0.923 bits per heavy atom. The minimum Gasteiger partial charge on any atom is -0.463 e. The highest BCUT2D eigenvalue weighted by Crippen LogP contribution is 2.36. The first kappa shape index (κ1) is 41.2. The molecule has 2 fully saturated rings. The second-order valence-electron chi connectivity index (χ2n) is 11.4. The van der Waals surface area contributed by atoms with Crippen molar-refractivity contribution in [1.29, 1.82) is 0 Å². The molecule has 18 nitrogen and oxygen atoms in total. The monoisotopic (exact) mass is 736 g/mol. The van der Waals surface area contributed by atoms with E-state index in [0.717, 1.165) is 48.5 Å². The highest BCUT2D eigenvalue weighted by atomic mass is 16.8. The van der Waals surface area contributed by atoms with Gasteiger partial charge in [0.25, 0.3) is 0 Å². The van der Waals surface area contributed by atoms with Gasteiger partial charge in [-0.2, -0.15) is 0 Å². The van der Waals surface area contributed by atoms with Gasteiger partial charge in [0, 0.05) is 54.0 Å². The van der Waals surface area contributed by atoms with Crippen LogP contribution in [0.25, 0.3) is 0 Å². The van der Waals surface area contributed by atoms with Crippen LogP contribution in [0.1, 0.15) is 54.0 Å². The Hall–Kier alpha value is -5.25. The maximum atomic E-state index is 12.6. The Kier molecular flexibility index (Phi) is 14.9. The molecule has 1 unspecified atom stereocenters. The number of esters is 7. The zero-order valence-corrected chi connectivity index (χ0v) is 29.4. The van der Waals surface area contributed by atoms with Crippen molar-refractivity contribution in [3.8, 4) is 18.1 Å². The molecule has 2 saturated heterocycles. The molecule has 0 saturated carbocycles. The predicted octanol–water partition coefficient (Wildman–Crippen LogP) is 0.666. The van der Waals surface area contributed by atoms with E-state index in [9.17, 15) is 33.6 Å². The van der Waals surface area contributed by atoms with E-state index in [1.54, 1.807) is 12.1 Å². The lowest BCUT2D eigenvalue weighted by Gasteiger charge is -2.48. The van der Waals surface area contributed by atoms with Gasteiger partial charge in [-0.15, -0.1) is 6.42 Å². The summed E-state index contributed by atoms with van der Waals surface area (Å²) in [5.74, 6) is -3.28. The molecule has 2 heterocycles. The molecule has 0 spiro atoms. The summed E-state index contributed by atoms with van der Waals surface area (Å²) in [5.41, 5.74) is 0.525. The first-order valence-corrected chi connectivity index (χ1v) is 15.8. The molecule has 10 atom stereocenters. The summed E-state index contributed by atoms with van der Waals surface area (Å²) < 4.78 is 62.4. The number of carbonyl (C=O) groups excluding carboxylic acids is 7. The van der Waals surface area contributed by atoms with Crippen LogP contribution >= 0.6 is 0 Å². The molecule has 3 rings (SSSR count). The van der Waals surface area contributed by atoms with Crippen molar-refractivity contribution in [2.24, 2.45) is 0 Å². The molecule has 18 heteroatoms. The first-order valence-electron chi connectivity index (χ1n) is 15.8. The van der Waals surface area contributed by atoms with Crippen LogP contribution in [-0.4, -0.2) is 116 Å². The van der Waals surface area contributed by atoms with Crippen molar-refractivity contribution >= 4 is 41.8 Å². The summed E-state index contributed by atoms with van der Waals surface area (Å²) in [4.78, 5) is 85.6. The standard InChI is InChI=1S/C34H40O18/c1-9-23-10-12-24(13-11-23)49-33-31(47-21(7)40)30(46-20(6)39)28(26(50-33)15-43-17(3)36)52-34-32(48-22(8)41)29(45-19(5)38)27(44-18(4)37)25(51-34)14-42-16(2)35/h1,10-13,25-34H,14-15H2,2-8H3/t25-,26-,27-,28-,29+,30+,31-,32-,33-,34?/m1/s1. The molecule has 0 aromatic heterocycles. The fraction of sp³-hybridized carbons (Fsp3) is 0.559. The van der Waals surface area contributed by atoms with Crippen LogP contribution in [0.5, 0.6) is 5.75 Å². The van der Waals surface area contributed by atoms with E-state index >= 15 is 0 Å². The Labute approximate surface area is 298 Å². The van der Waals surface area contributed by atoms with Crippen LogP contribution < -0.4 is 4.74 Å². The van der Waals surface area contributed by atoms with Crippen LogP contribution in [0, 0.1) is 12.3 Å². The molecular weight excluding hydrogens is 696 g/mol. The van der Waals surface area contributed by atoms with Gasteiger partial charge < -0.3 is 52.1 Å². The van der Waals surface area contributed by atoms with E-state index in [4.69, 9.17) is 58.5 Å². The van der Waals surface area contributed by atoms with Crippen molar-refractivity contribution < 1.29 is 85.7 Å². The van der Waals surface area contributed by atoms with Crippen LogP contribution in [0.15, 0.2) is 24.3 Å². The number of rotatable bonds is 13. The topological polar surface area (TPSA) is 221 Å². The van der Waals surface area contributed by atoms with Gasteiger partial charge >= 0.3 is 41.8 Å². The van der Waals surface area contributed by atoms with Gasteiger partial charge in [0.2, 0.25) is 12.4 Å². The van der Waals surface area contributed by atoms with Crippen LogP contribution in [-0.2, 0) is 80.9 Å². The largest absolute Gasteiger partial charge is 0.463 e. The fourth-order valence-electron chi connectivity index (χ4n) is 5.33. The number of hydrogen-bond acceptors (Lipinski definition) is 18. The first-order chi connectivity index (χ1) is 24.5. The molecular formula is C34H40O18. The van der Waals surface area contributed by atoms with Gasteiger partial charge in [0.05, 0.1) is 0 Å². The molecule has 0 amide bonds. The van der Waals surface area contributed by atoms with E-state index in [0.29, 0.717) is 5.56 Å². The van der Waals surface area contributed by atoms with Gasteiger partial charge in [0.15, 0.2) is 30.7 Å². The Morgan fingerprint density at radius 3 is 1.37 bits per heavy atom. The van der Waals surface area contributed by atoms with E-state index in [1.165, 1.54) is 12.1 Å². The van der Waals surface area contributed by atoms with Crippen molar-refractivity contribution in [3.05, 3.63) is 29.8 Å². The molecule has 0 aliphatic carbocycles. The number of hydrogen-bond donors (Lipinski definition) is 0. The number of carbonyl (C=O) groups is 7. The molecule has 2 aliphatic rings. The van der Waals surface area contributed by atoms with E-state index in [1.807, 2.05) is 0 Å². The van der Waals surface area contributed by atoms with Crippen molar-refractivity contribution in [1.82, 2.24) is 0 Å². The second-order valence-corrected chi connectivity index (χ2v) is 11.4. The van der Waals surface area contributed by atoms with Gasteiger partial charge in [-0.25, -0.2) is 0 Å². The van der Waals surface area contributed by atoms with Crippen molar-refractivity contribution in [2.75, 3.05) is 13.2 Å². The van der Waals surface area contributed by atoms with Crippen LogP contribution in [0.4, 0.5) is 0 Å². The van der Waals surface area contributed by atoms with Gasteiger partial charge in [-0.1, -0.05) is 5.92 Å². The average molecular weight is 737 g/mol. The lowest BCUT2D eigenvalue weighted by atomic mass is 9.96. The minimum atomic E-state index is -1.81. The SMILES string of the molecule is C#Cc1ccc(O[C@@H]2O[C@H](COC(C)=O)[C@@H](OC3O[C@H](COC(C)=O)[C@@H](OC(C)=O)[C@H](OC(C)=O)[C@H]3OC(C)=O)[C@H](OC(C)=O)[C@H]2OC(C)=O)cc1.